The molecule has 62 heavy (non-hydrogen) atoms. The number of methoxy groups -OCH3 is 1. The van der Waals surface area contributed by atoms with E-state index in [2.05, 4.69) is 5.32 Å². The normalized spacial score (nSPS) is 23.2. The van der Waals surface area contributed by atoms with Crippen LogP contribution in [0.5, 0.6) is 40.2 Å². The average molecular weight is 846 g/mol. The van der Waals surface area contributed by atoms with Crippen LogP contribution < -0.4 is 24.3 Å². The third kappa shape index (κ3) is 7.89. The van der Waals surface area contributed by atoms with E-state index in [4.69, 9.17) is 23.7 Å². The molecule has 11 nitrogen and oxygen atoms in total. The maximum absolute atomic E-state index is 13.0. The van der Waals surface area contributed by atoms with E-state index in [1.807, 2.05) is 50.4 Å². The van der Waals surface area contributed by atoms with Gasteiger partial charge >= 0.3 is 0 Å². The van der Waals surface area contributed by atoms with E-state index in [-0.39, 0.29) is 35.9 Å². The smallest absolute Gasteiger partial charge is 0.133 e. The number of phenolic OH excluding ortho intramolecular Hbond substituents is 3. The van der Waals surface area contributed by atoms with Crippen molar-refractivity contribution >= 4 is 10.8 Å². The molecular weight excluding hydrogens is 787 g/mol. The molecule has 3 aliphatic heterocycles. The second kappa shape index (κ2) is 17.9. The van der Waals surface area contributed by atoms with Gasteiger partial charge in [-0.05, 0) is 135 Å². The molecule has 0 saturated heterocycles. The van der Waals surface area contributed by atoms with Gasteiger partial charge in [-0.25, -0.2) is 0 Å². The van der Waals surface area contributed by atoms with Crippen LogP contribution >= 0.6 is 0 Å². The van der Waals surface area contributed by atoms with Crippen LogP contribution in [-0.2, 0) is 17.6 Å². The molecule has 3 heterocycles. The van der Waals surface area contributed by atoms with Gasteiger partial charge in [-0.3, -0.25) is 0 Å². The number of hydrogen-bond acceptors (Lipinski definition) is 11. The van der Waals surface area contributed by atoms with Gasteiger partial charge in [-0.1, -0.05) is 19.1 Å². The first-order valence-corrected chi connectivity index (χ1v) is 22.4. The van der Waals surface area contributed by atoms with E-state index in [9.17, 15) is 25.5 Å². The van der Waals surface area contributed by atoms with Gasteiger partial charge in [0, 0.05) is 77.5 Å². The van der Waals surface area contributed by atoms with E-state index < -0.39 is 30.1 Å². The standard InChI is InChI=1S/C51H59NO10/c1-4-28-22-38(29-9-7-10-33(53)20-29)31(23-42(28)55)19-32-21-36(61-35-11-5-6-12-35)25-40-47(56)41(27-60-49(32)40)45-43(13-8-17-58-3)62-51-37-15-14-34(54)24-39(37)50-44(46(51)48(45)57)30(26-52-2)16-18-59-50/h7,9-10,14-15,20-25,30,35,41,43,45,47-48,52-57H,4-6,8,11-13,16-19,26-27H2,1-3H3/t30-,41+,43-,45+,47+,48+/m0/s1. The van der Waals surface area contributed by atoms with E-state index in [0.29, 0.717) is 79.6 Å². The number of aliphatic hydroxyl groups is 2. The highest BCUT2D eigenvalue weighted by Crippen LogP contribution is 2.57. The summed E-state index contributed by atoms with van der Waals surface area (Å²) in [4.78, 5) is 0. The number of nitrogens with one attached hydrogen (secondary N) is 1. The molecule has 5 aromatic carbocycles. The van der Waals surface area contributed by atoms with Crippen LogP contribution in [0.3, 0.4) is 0 Å². The fraction of sp³-hybridized carbons (Fsp3) is 0.451. The molecule has 6 N–H and O–H groups in total. The summed E-state index contributed by atoms with van der Waals surface area (Å²) in [6.07, 6.45) is 4.49. The number of phenols is 3. The fourth-order valence-corrected chi connectivity index (χ4v) is 10.7. The third-order valence-electron chi connectivity index (χ3n) is 13.7. The lowest BCUT2D eigenvalue weighted by atomic mass is 9.70. The number of aliphatic hydroxyl groups excluding tert-OH is 2. The Bertz CT molecular complexity index is 2430. The van der Waals surface area contributed by atoms with Crippen molar-refractivity contribution in [2.24, 2.45) is 11.8 Å². The quantitative estimate of drug-likeness (QED) is 0.0630. The molecule has 1 aliphatic carbocycles. The predicted octanol–water partition coefficient (Wildman–Crippen LogP) is 8.76. The van der Waals surface area contributed by atoms with Gasteiger partial charge in [0.05, 0.1) is 31.5 Å². The minimum Gasteiger partial charge on any atom is -0.508 e. The van der Waals surface area contributed by atoms with Gasteiger partial charge in [0.1, 0.15) is 46.4 Å². The van der Waals surface area contributed by atoms with Gasteiger partial charge in [0.15, 0.2) is 0 Å². The van der Waals surface area contributed by atoms with Crippen molar-refractivity contribution < 1.29 is 49.2 Å². The first kappa shape index (κ1) is 42.1. The first-order valence-electron chi connectivity index (χ1n) is 22.4. The van der Waals surface area contributed by atoms with Crippen molar-refractivity contribution in [1.29, 1.82) is 0 Å². The minimum atomic E-state index is -1.06. The molecule has 0 bridgehead atoms. The monoisotopic (exact) mass is 845 g/mol. The van der Waals surface area contributed by atoms with Gasteiger partial charge < -0.3 is 54.5 Å². The van der Waals surface area contributed by atoms with Crippen molar-refractivity contribution in [2.45, 2.75) is 95.0 Å². The highest BCUT2D eigenvalue weighted by Gasteiger charge is 2.50. The van der Waals surface area contributed by atoms with Gasteiger partial charge in [-0.15, -0.1) is 0 Å². The number of aromatic hydroxyl groups is 3. The van der Waals surface area contributed by atoms with Gasteiger partial charge in [0.25, 0.3) is 0 Å². The largest absolute Gasteiger partial charge is 0.508 e. The Labute approximate surface area is 363 Å². The number of hydrogen-bond donors (Lipinski definition) is 6. The molecule has 0 radical (unpaired) electrons. The van der Waals surface area contributed by atoms with Crippen LogP contribution in [0.1, 0.15) is 103 Å². The molecule has 9 rings (SSSR count). The summed E-state index contributed by atoms with van der Waals surface area (Å²) in [5.74, 6) is 1.73. The Hall–Kier alpha value is -5.20. The lowest BCUT2D eigenvalue weighted by Crippen LogP contribution is -2.46. The van der Waals surface area contributed by atoms with E-state index in [1.54, 1.807) is 37.4 Å². The highest BCUT2D eigenvalue weighted by molar-refractivity contribution is 5.97. The topological polar surface area (TPSA) is 159 Å². The van der Waals surface area contributed by atoms with E-state index in [0.717, 1.165) is 76.3 Å². The summed E-state index contributed by atoms with van der Waals surface area (Å²) < 4.78 is 32.5. The molecule has 0 aromatic heterocycles. The summed E-state index contributed by atoms with van der Waals surface area (Å²) in [5.41, 5.74) is 6.26. The van der Waals surface area contributed by atoms with Crippen LogP contribution in [0.25, 0.3) is 21.9 Å². The molecule has 0 unspecified atom stereocenters. The van der Waals surface area contributed by atoms with Crippen LogP contribution in [0.2, 0.25) is 0 Å². The molecule has 0 spiro atoms. The molecule has 328 valence electrons. The second-order valence-electron chi connectivity index (χ2n) is 17.6. The van der Waals surface area contributed by atoms with Crippen LogP contribution in [0.15, 0.2) is 66.7 Å². The van der Waals surface area contributed by atoms with Crippen molar-refractivity contribution in [3.05, 3.63) is 100 Å². The Morgan fingerprint density at radius 2 is 1.61 bits per heavy atom. The minimum absolute atomic E-state index is 0.00914. The highest BCUT2D eigenvalue weighted by atomic mass is 16.5. The van der Waals surface area contributed by atoms with E-state index >= 15 is 0 Å². The van der Waals surface area contributed by atoms with Crippen molar-refractivity contribution in [1.82, 2.24) is 5.32 Å². The maximum atomic E-state index is 13.0. The SMILES string of the molecule is CCc1cc(-c2cccc(O)c2)c(Cc2cc(OC3CCCC3)cc3c2OC[C@H]([C@@H]2[C@H](CCCOC)Oc4c(c5c(c6cc(O)ccc46)OCC[C@H]5CNC)[C@@H]2O)[C@@H]3O)cc1O. The lowest BCUT2D eigenvalue weighted by Gasteiger charge is -2.46. The van der Waals surface area contributed by atoms with Crippen LogP contribution in [-0.4, -0.2) is 78.3 Å². The molecular formula is C51H59NO10. The van der Waals surface area contributed by atoms with Crippen molar-refractivity contribution in [2.75, 3.05) is 40.5 Å². The molecule has 1 saturated carbocycles. The third-order valence-corrected chi connectivity index (χ3v) is 13.7. The number of likely N-dealkylation sites (N-methyl/N-ethyl adjacent to an activating group) is 1. The molecule has 5 aromatic rings. The number of aryl methyl sites for hydroxylation is 1. The number of rotatable bonds is 13. The Balaban J connectivity index is 1.15. The maximum Gasteiger partial charge on any atom is 0.133 e. The summed E-state index contributed by atoms with van der Waals surface area (Å²) in [5, 5.41) is 62.9. The van der Waals surface area contributed by atoms with E-state index in [1.165, 1.54) is 0 Å². The predicted molar refractivity (Wildman–Crippen MR) is 237 cm³/mol. The molecule has 11 heteroatoms. The number of ether oxygens (including phenoxy) is 5. The van der Waals surface area contributed by atoms with Crippen molar-refractivity contribution in [3.8, 4) is 51.4 Å². The molecule has 1 fully saturated rings. The van der Waals surface area contributed by atoms with Gasteiger partial charge in [-0.2, -0.15) is 0 Å². The Morgan fingerprint density at radius 3 is 2.39 bits per heavy atom. The summed E-state index contributed by atoms with van der Waals surface area (Å²) in [7, 11) is 3.58. The number of fused-ring (bicyclic) bond motifs is 7. The summed E-state index contributed by atoms with van der Waals surface area (Å²) >= 11 is 0. The summed E-state index contributed by atoms with van der Waals surface area (Å²) in [6, 6.07) is 20.0. The molecule has 4 aliphatic rings. The molecule has 0 amide bonds. The van der Waals surface area contributed by atoms with Crippen molar-refractivity contribution in [3.63, 3.8) is 0 Å². The molecule has 6 atom stereocenters. The zero-order chi connectivity index (χ0) is 43.1. The Kier molecular flexibility index (Phi) is 12.1. The first-order chi connectivity index (χ1) is 30.2. The van der Waals surface area contributed by atoms with Gasteiger partial charge in [0.2, 0.25) is 0 Å². The summed E-state index contributed by atoms with van der Waals surface area (Å²) in [6.45, 7) is 3.77. The van der Waals surface area contributed by atoms with Crippen LogP contribution in [0, 0.1) is 11.8 Å². The zero-order valence-electron chi connectivity index (χ0n) is 35.9. The fourth-order valence-electron chi connectivity index (χ4n) is 10.7. The zero-order valence-corrected chi connectivity index (χ0v) is 35.9. The number of benzene rings is 5. The average Bonchev–Trinajstić information content (AvgIpc) is 3.78. The Morgan fingerprint density at radius 1 is 0.790 bits per heavy atom. The lowest BCUT2D eigenvalue weighted by molar-refractivity contribution is -0.0889. The van der Waals surface area contributed by atoms with Crippen LogP contribution in [0.4, 0.5) is 0 Å². The second-order valence-corrected chi connectivity index (χ2v) is 17.6.